The summed E-state index contributed by atoms with van der Waals surface area (Å²) in [5.74, 6) is 2.35. The van der Waals surface area contributed by atoms with Crippen LogP contribution in [-0.4, -0.2) is 21.6 Å². The Hall–Kier alpha value is -2.40. The van der Waals surface area contributed by atoms with Gasteiger partial charge in [0.25, 0.3) is 0 Å². The van der Waals surface area contributed by atoms with Crippen LogP contribution in [0.15, 0.2) is 45.4 Å². The summed E-state index contributed by atoms with van der Waals surface area (Å²) in [6.07, 6.45) is 3.84. The zero-order chi connectivity index (χ0) is 16.5. The van der Waals surface area contributed by atoms with Gasteiger partial charge >= 0.3 is 0 Å². The molecule has 1 aromatic carbocycles. The van der Waals surface area contributed by atoms with Crippen LogP contribution in [0.5, 0.6) is 0 Å². The molecule has 124 valence electrons. The van der Waals surface area contributed by atoms with Crippen molar-refractivity contribution in [1.29, 1.82) is 0 Å². The summed E-state index contributed by atoms with van der Waals surface area (Å²) in [6.45, 7) is 6.04. The average Bonchev–Trinajstić information content (AvgIpc) is 3.20. The molecular formula is C19H21N3O2. The summed E-state index contributed by atoms with van der Waals surface area (Å²) in [7, 11) is 0. The molecule has 24 heavy (non-hydrogen) atoms. The van der Waals surface area contributed by atoms with E-state index in [2.05, 4.69) is 47.1 Å². The minimum absolute atomic E-state index is 0.0811. The monoisotopic (exact) mass is 323 g/mol. The van der Waals surface area contributed by atoms with E-state index < -0.39 is 0 Å². The lowest BCUT2D eigenvalue weighted by Gasteiger charge is -2.24. The highest BCUT2D eigenvalue weighted by Crippen LogP contribution is 2.28. The molecule has 1 aliphatic rings. The molecule has 0 radical (unpaired) electrons. The molecule has 2 aromatic heterocycles. The molecule has 0 saturated heterocycles. The average molecular weight is 323 g/mol. The molecule has 0 bridgehead atoms. The Morgan fingerprint density at radius 2 is 1.96 bits per heavy atom. The van der Waals surface area contributed by atoms with E-state index in [4.69, 9.17) is 8.83 Å². The number of benzene rings is 1. The number of hydrogen-bond acceptors (Lipinski definition) is 5. The molecule has 1 unspecified atom stereocenters. The molecule has 0 spiro atoms. The van der Waals surface area contributed by atoms with Crippen molar-refractivity contribution in [1.82, 2.24) is 15.1 Å². The Kier molecular flexibility index (Phi) is 3.94. The molecule has 0 saturated carbocycles. The van der Waals surface area contributed by atoms with Crippen molar-refractivity contribution in [2.24, 2.45) is 0 Å². The van der Waals surface area contributed by atoms with Crippen molar-refractivity contribution in [2.75, 3.05) is 6.54 Å². The number of fused-ring (bicyclic) bond motifs is 1. The van der Waals surface area contributed by atoms with Gasteiger partial charge in [-0.05, 0) is 45.0 Å². The lowest BCUT2D eigenvalue weighted by molar-refractivity contribution is 0.178. The van der Waals surface area contributed by atoms with Crippen LogP contribution in [0.2, 0.25) is 0 Å². The van der Waals surface area contributed by atoms with Gasteiger partial charge in [0.15, 0.2) is 0 Å². The third-order valence-electron chi connectivity index (χ3n) is 4.70. The van der Waals surface area contributed by atoms with E-state index in [0.717, 1.165) is 37.3 Å². The van der Waals surface area contributed by atoms with Gasteiger partial charge in [0, 0.05) is 24.1 Å². The van der Waals surface area contributed by atoms with Gasteiger partial charge in [0.1, 0.15) is 5.76 Å². The molecular weight excluding hydrogens is 302 g/mol. The molecule has 1 aliphatic heterocycles. The van der Waals surface area contributed by atoms with Gasteiger partial charge in [0.05, 0.1) is 12.3 Å². The van der Waals surface area contributed by atoms with Gasteiger partial charge in [-0.25, -0.2) is 0 Å². The number of aromatic nitrogens is 2. The molecule has 5 nitrogen and oxygen atoms in total. The normalized spacial score (nSPS) is 16.6. The van der Waals surface area contributed by atoms with Crippen molar-refractivity contribution < 1.29 is 8.83 Å². The standard InChI is InChI=1S/C19H21N3O2/c1-13-5-7-15(8-6-13)19-21-20-18(24-19)14(2)22-10-3-4-17-16(12-22)9-11-23-17/h5-9,11,14H,3-4,10,12H2,1-2H3. The van der Waals surface area contributed by atoms with Gasteiger partial charge in [-0.15, -0.1) is 10.2 Å². The van der Waals surface area contributed by atoms with Crippen molar-refractivity contribution in [3.63, 3.8) is 0 Å². The Morgan fingerprint density at radius 3 is 2.79 bits per heavy atom. The van der Waals surface area contributed by atoms with Crippen LogP contribution < -0.4 is 0 Å². The summed E-state index contributed by atoms with van der Waals surface area (Å²) in [5.41, 5.74) is 3.43. The first-order chi connectivity index (χ1) is 11.7. The van der Waals surface area contributed by atoms with Crippen molar-refractivity contribution in [2.45, 2.75) is 39.3 Å². The highest BCUT2D eigenvalue weighted by atomic mass is 16.4. The van der Waals surface area contributed by atoms with Gasteiger partial charge in [-0.1, -0.05) is 17.7 Å². The lowest BCUT2D eigenvalue weighted by atomic mass is 10.1. The van der Waals surface area contributed by atoms with E-state index in [1.807, 2.05) is 12.1 Å². The lowest BCUT2D eigenvalue weighted by Crippen LogP contribution is -2.26. The van der Waals surface area contributed by atoms with Gasteiger partial charge < -0.3 is 8.83 Å². The largest absolute Gasteiger partial charge is 0.469 e. The van der Waals surface area contributed by atoms with Crippen molar-refractivity contribution in [3.8, 4) is 11.5 Å². The number of nitrogens with zero attached hydrogens (tertiary/aromatic N) is 3. The quantitative estimate of drug-likeness (QED) is 0.725. The van der Waals surface area contributed by atoms with E-state index in [9.17, 15) is 0 Å². The molecule has 0 amide bonds. The maximum Gasteiger partial charge on any atom is 0.247 e. The number of hydrogen-bond donors (Lipinski definition) is 0. The second kappa shape index (κ2) is 6.24. The summed E-state index contributed by atoms with van der Waals surface area (Å²) in [4.78, 5) is 2.37. The highest BCUT2D eigenvalue weighted by molar-refractivity contribution is 5.52. The first kappa shape index (κ1) is 15.1. The fraction of sp³-hybridized carbons (Fsp3) is 0.368. The minimum atomic E-state index is 0.0811. The third-order valence-corrected chi connectivity index (χ3v) is 4.70. The zero-order valence-corrected chi connectivity index (χ0v) is 14.0. The van der Waals surface area contributed by atoms with Crippen molar-refractivity contribution >= 4 is 0 Å². The van der Waals surface area contributed by atoms with E-state index in [-0.39, 0.29) is 6.04 Å². The van der Waals surface area contributed by atoms with E-state index >= 15 is 0 Å². The summed E-state index contributed by atoms with van der Waals surface area (Å²) >= 11 is 0. The predicted molar refractivity (Wildman–Crippen MR) is 90.3 cm³/mol. The highest BCUT2D eigenvalue weighted by Gasteiger charge is 2.25. The van der Waals surface area contributed by atoms with Crippen LogP contribution in [0.25, 0.3) is 11.5 Å². The van der Waals surface area contributed by atoms with Crippen molar-refractivity contribution in [3.05, 3.63) is 59.4 Å². The molecule has 3 aromatic rings. The van der Waals surface area contributed by atoms with Gasteiger partial charge in [-0.2, -0.15) is 0 Å². The van der Waals surface area contributed by atoms with E-state index in [0.29, 0.717) is 11.8 Å². The molecule has 5 heteroatoms. The first-order valence-corrected chi connectivity index (χ1v) is 8.40. The predicted octanol–water partition coefficient (Wildman–Crippen LogP) is 4.15. The molecule has 0 fully saturated rings. The van der Waals surface area contributed by atoms with Crippen LogP contribution in [-0.2, 0) is 13.0 Å². The van der Waals surface area contributed by atoms with Crippen LogP contribution in [0.3, 0.4) is 0 Å². The summed E-state index contributed by atoms with van der Waals surface area (Å²) in [5, 5.41) is 8.51. The topological polar surface area (TPSA) is 55.3 Å². The molecule has 1 atom stereocenters. The Balaban J connectivity index is 1.54. The van der Waals surface area contributed by atoms with Gasteiger partial charge in [-0.3, -0.25) is 4.90 Å². The van der Waals surface area contributed by atoms with Crippen LogP contribution in [0, 0.1) is 6.92 Å². The van der Waals surface area contributed by atoms with Crippen LogP contribution >= 0.6 is 0 Å². The zero-order valence-electron chi connectivity index (χ0n) is 14.0. The SMILES string of the molecule is Cc1ccc(-c2nnc(C(C)N3CCCc4occc4C3)o2)cc1. The Labute approximate surface area is 141 Å². The first-order valence-electron chi connectivity index (χ1n) is 8.40. The number of aryl methyl sites for hydroxylation is 2. The minimum Gasteiger partial charge on any atom is -0.469 e. The second-order valence-corrected chi connectivity index (χ2v) is 6.43. The maximum atomic E-state index is 5.95. The smallest absolute Gasteiger partial charge is 0.247 e. The molecule has 3 heterocycles. The third kappa shape index (κ3) is 2.87. The number of furan rings is 1. The fourth-order valence-electron chi connectivity index (χ4n) is 3.17. The second-order valence-electron chi connectivity index (χ2n) is 6.43. The molecule has 0 N–H and O–H groups in total. The Morgan fingerprint density at radius 1 is 1.12 bits per heavy atom. The molecule has 0 aliphatic carbocycles. The number of rotatable bonds is 3. The van der Waals surface area contributed by atoms with E-state index in [1.165, 1.54) is 11.1 Å². The van der Waals surface area contributed by atoms with Gasteiger partial charge in [0.2, 0.25) is 11.8 Å². The van der Waals surface area contributed by atoms with Crippen LogP contribution in [0.4, 0.5) is 0 Å². The summed E-state index contributed by atoms with van der Waals surface area (Å²) in [6, 6.07) is 10.3. The molecule has 4 rings (SSSR count). The fourth-order valence-corrected chi connectivity index (χ4v) is 3.17. The van der Waals surface area contributed by atoms with E-state index in [1.54, 1.807) is 6.26 Å². The summed E-state index contributed by atoms with van der Waals surface area (Å²) < 4.78 is 11.5. The van der Waals surface area contributed by atoms with Crippen LogP contribution in [0.1, 0.15) is 42.2 Å². The maximum absolute atomic E-state index is 5.95. The Bertz CT molecular complexity index is 819.